The normalized spacial score (nSPS) is 10.4. The molecule has 3 rings (SSSR count). The average Bonchev–Trinajstić information content (AvgIpc) is 2.68. The van der Waals surface area contributed by atoms with Crippen LogP contribution in [0.25, 0.3) is 0 Å². The Bertz CT molecular complexity index is 978. The Morgan fingerprint density at radius 1 is 1.11 bits per heavy atom. The van der Waals surface area contributed by atoms with Gasteiger partial charge in [-0.2, -0.15) is 0 Å². The van der Waals surface area contributed by atoms with Gasteiger partial charge in [0, 0.05) is 17.3 Å². The van der Waals surface area contributed by atoms with Crippen LogP contribution in [0.5, 0.6) is 5.75 Å². The first-order valence-electron chi connectivity index (χ1n) is 8.93. The quantitative estimate of drug-likeness (QED) is 0.614. The largest absolute Gasteiger partial charge is 0.492 e. The van der Waals surface area contributed by atoms with Crippen LogP contribution in [0.2, 0.25) is 5.02 Å². The lowest BCUT2D eigenvalue weighted by molar-refractivity contribution is 0.0946. The maximum atomic E-state index is 12.6. The number of amides is 1. The molecule has 1 amide bonds. The van der Waals surface area contributed by atoms with Gasteiger partial charge >= 0.3 is 0 Å². The second-order valence-electron chi connectivity index (χ2n) is 6.05. The maximum absolute atomic E-state index is 12.6. The van der Waals surface area contributed by atoms with Crippen LogP contribution in [0.1, 0.15) is 28.7 Å². The number of benzene rings is 2. The van der Waals surface area contributed by atoms with Crippen LogP contribution < -0.4 is 15.4 Å². The molecule has 3 aromatic rings. The van der Waals surface area contributed by atoms with Crippen LogP contribution in [0.4, 0.5) is 11.6 Å². The zero-order valence-corrected chi connectivity index (χ0v) is 16.5. The van der Waals surface area contributed by atoms with E-state index in [2.05, 4.69) is 20.6 Å². The Balaban J connectivity index is 1.76. The Morgan fingerprint density at radius 2 is 1.86 bits per heavy atom. The molecule has 0 fully saturated rings. The number of nitrogens with zero attached hydrogens (tertiary/aromatic N) is 2. The van der Waals surface area contributed by atoms with Crippen molar-refractivity contribution in [1.29, 1.82) is 0 Å². The highest BCUT2D eigenvalue weighted by molar-refractivity contribution is 6.31. The summed E-state index contributed by atoms with van der Waals surface area (Å²) in [6, 6.07) is 16.5. The summed E-state index contributed by atoms with van der Waals surface area (Å²) in [4.78, 5) is 21.3. The minimum atomic E-state index is -0.299. The van der Waals surface area contributed by atoms with Gasteiger partial charge < -0.3 is 15.4 Å². The fourth-order valence-electron chi connectivity index (χ4n) is 2.62. The molecule has 0 aliphatic rings. The van der Waals surface area contributed by atoms with Gasteiger partial charge in [-0.25, -0.2) is 9.97 Å². The van der Waals surface area contributed by atoms with Gasteiger partial charge in [0.15, 0.2) is 0 Å². The highest BCUT2D eigenvalue weighted by atomic mass is 35.5. The first kappa shape index (κ1) is 19.6. The maximum Gasteiger partial charge on any atom is 0.270 e. The van der Waals surface area contributed by atoms with Crippen LogP contribution in [0.15, 0.2) is 54.6 Å². The van der Waals surface area contributed by atoms with Gasteiger partial charge in [-0.05, 0) is 43.7 Å². The summed E-state index contributed by atoms with van der Waals surface area (Å²) in [5.41, 5.74) is 2.52. The molecule has 0 saturated heterocycles. The Labute approximate surface area is 168 Å². The van der Waals surface area contributed by atoms with E-state index in [-0.39, 0.29) is 11.6 Å². The number of nitrogens with one attached hydrogen (secondary N) is 2. The molecule has 1 aromatic heterocycles. The molecule has 2 aromatic carbocycles. The first-order chi connectivity index (χ1) is 13.6. The van der Waals surface area contributed by atoms with Gasteiger partial charge in [0.1, 0.15) is 11.4 Å². The van der Waals surface area contributed by atoms with Crippen molar-refractivity contribution in [3.05, 3.63) is 76.6 Å². The van der Waals surface area contributed by atoms with E-state index >= 15 is 0 Å². The van der Waals surface area contributed by atoms with Crippen molar-refractivity contribution in [2.24, 2.45) is 0 Å². The first-order valence-corrected chi connectivity index (χ1v) is 9.30. The number of hydrogen-bond acceptors (Lipinski definition) is 5. The lowest BCUT2D eigenvalue weighted by Crippen LogP contribution is -2.24. The molecule has 0 bridgehead atoms. The topological polar surface area (TPSA) is 76.1 Å². The molecule has 0 spiro atoms. The van der Waals surface area contributed by atoms with E-state index in [4.69, 9.17) is 16.3 Å². The van der Waals surface area contributed by atoms with E-state index < -0.39 is 0 Å². The molecule has 0 radical (unpaired) electrons. The summed E-state index contributed by atoms with van der Waals surface area (Å²) in [5.74, 6) is 0.724. The van der Waals surface area contributed by atoms with Crippen molar-refractivity contribution in [2.45, 2.75) is 20.4 Å². The second-order valence-corrected chi connectivity index (χ2v) is 6.45. The van der Waals surface area contributed by atoms with Crippen LogP contribution in [-0.2, 0) is 6.54 Å². The van der Waals surface area contributed by atoms with E-state index in [0.717, 1.165) is 11.3 Å². The minimum absolute atomic E-state index is 0.274. The molecule has 0 saturated carbocycles. The van der Waals surface area contributed by atoms with Gasteiger partial charge in [0.25, 0.3) is 5.91 Å². The van der Waals surface area contributed by atoms with Gasteiger partial charge in [-0.15, -0.1) is 0 Å². The van der Waals surface area contributed by atoms with Crippen LogP contribution >= 0.6 is 11.6 Å². The van der Waals surface area contributed by atoms with Crippen LogP contribution in [0.3, 0.4) is 0 Å². The van der Waals surface area contributed by atoms with Gasteiger partial charge in [0.05, 0.1) is 12.3 Å². The number of hydrogen-bond donors (Lipinski definition) is 2. The number of ether oxygens (including phenoxy) is 1. The van der Waals surface area contributed by atoms with E-state index in [0.29, 0.717) is 35.6 Å². The Morgan fingerprint density at radius 3 is 2.64 bits per heavy atom. The summed E-state index contributed by atoms with van der Waals surface area (Å²) in [7, 11) is 0. The third kappa shape index (κ3) is 4.98. The monoisotopic (exact) mass is 396 g/mol. The number of carbonyl (C=O) groups is 1. The summed E-state index contributed by atoms with van der Waals surface area (Å²) >= 11 is 6.14. The second kappa shape index (κ2) is 9.19. The lowest BCUT2D eigenvalue weighted by Gasteiger charge is -2.12. The van der Waals surface area contributed by atoms with E-state index in [1.807, 2.05) is 56.3 Å². The summed E-state index contributed by atoms with van der Waals surface area (Å²) in [6.45, 7) is 4.59. The van der Waals surface area contributed by atoms with Crippen LogP contribution in [0, 0.1) is 6.92 Å². The molecule has 0 unspecified atom stereocenters. The molecule has 0 aliphatic carbocycles. The number of aryl methyl sites for hydroxylation is 1. The zero-order chi connectivity index (χ0) is 19.9. The van der Waals surface area contributed by atoms with Crippen LogP contribution in [-0.4, -0.2) is 22.5 Å². The van der Waals surface area contributed by atoms with Crippen molar-refractivity contribution in [3.8, 4) is 5.75 Å². The van der Waals surface area contributed by atoms with Crippen molar-refractivity contribution >= 4 is 29.1 Å². The molecule has 28 heavy (non-hydrogen) atoms. The highest BCUT2D eigenvalue weighted by Gasteiger charge is 2.12. The van der Waals surface area contributed by atoms with Crippen molar-refractivity contribution in [3.63, 3.8) is 0 Å². The molecule has 6 nitrogen and oxygen atoms in total. The SMILES string of the molecule is CCOc1ccccc1Nc1nc(C)cc(C(=O)NCc2ccccc2Cl)n1. The molecule has 144 valence electrons. The highest BCUT2D eigenvalue weighted by Crippen LogP contribution is 2.26. The van der Waals surface area contributed by atoms with Crippen molar-refractivity contribution in [2.75, 3.05) is 11.9 Å². The Kier molecular flexibility index (Phi) is 6.45. The average molecular weight is 397 g/mol. The van der Waals surface area contributed by atoms with Crippen molar-refractivity contribution in [1.82, 2.24) is 15.3 Å². The minimum Gasteiger partial charge on any atom is -0.492 e. The van der Waals surface area contributed by atoms with Gasteiger partial charge in [-0.3, -0.25) is 4.79 Å². The molecule has 2 N–H and O–H groups in total. The number of carbonyl (C=O) groups excluding carboxylic acids is 1. The molecule has 0 atom stereocenters. The number of anilines is 2. The van der Waals surface area contributed by atoms with Gasteiger partial charge in [-0.1, -0.05) is 41.9 Å². The summed E-state index contributed by atoms with van der Waals surface area (Å²) < 4.78 is 5.61. The smallest absolute Gasteiger partial charge is 0.270 e. The van der Waals surface area contributed by atoms with Gasteiger partial charge in [0.2, 0.25) is 5.95 Å². The fraction of sp³-hybridized carbons (Fsp3) is 0.190. The summed E-state index contributed by atoms with van der Waals surface area (Å²) in [6.07, 6.45) is 0. The molecular weight excluding hydrogens is 376 g/mol. The van der Waals surface area contributed by atoms with E-state index in [1.54, 1.807) is 12.1 Å². The predicted octanol–water partition coefficient (Wildman–Crippen LogP) is 4.51. The van der Waals surface area contributed by atoms with E-state index in [1.165, 1.54) is 0 Å². The lowest BCUT2D eigenvalue weighted by atomic mass is 10.2. The molecular formula is C21H21ClN4O2. The van der Waals surface area contributed by atoms with Crippen molar-refractivity contribution < 1.29 is 9.53 Å². The molecule has 0 aliphatic heterocycles. The summed E-state index contributed by atoms with van der Waals surface area (Å²) in [5, 5.41) is 6.58. The Hall–Kier alpha value is -3.12. The number of para-hydroxylation sites is 2. The zero-order valence-electron chi connectivity index (χ0n) is 15.7. The number of rotatable bonds is 7. The predicted molar refractivity (Wildman–Crippen MR) is 110 cm³/mol. The third-order valence-electron chi connectivity index (χ3n) is 3.92. The fourth-order valence-corrected chi connectivity index (χ4v) is 2.82. The number of aromatic nitrogens is 2. The standard InChI is InChI=1S/C21H21ClN4O2/c1-3-28-19-11-7-6-10-17(19)25-21-24-14(2)12-18(26-21)20(27)23-13-15-8-4-5-9-16(15)22/h4-12H,3,13H2,1-2H3,(H,23,27)(H,24,25,26). The molecule has 7 heteroatoms. The third-order valence-corrected chi connectivity index (χ3v) is 4.29. The number of halogens is 1. The van der Waals surface area contributed by atoms with E-state index in [9.17, 15) is 4.79 Å². The molecule has 1 heterocycles.